The Morgan fingerprint density at radius 2 is 1.92 bits per heavy atom. The highest BCUT2D eigenvalue weighted by molar-refractivity contribution is 6.04. The molecule has 0 bridgehead atoms. The molecule has 0 radical (unpaired) electrons. The number of aromatic amines is 1. The van der Waals surface area contributed by atoms with Crippen LogP contribution in [0.1, 0.15) is 34.5 Å². The van der Waals surface area contributed by atoms with Crippen LogP contribution in [-0.2, 0) is 11.8 Å². The molecule has 3 aromatic rings. The summed E-state index contributed by atoms with van der Waals surface area (Å²) in [6, 6.07) is 15.7. The Balaban J connectivity index is 1.35. The minimum Gasteiger partial charge on any atom is -0.350 e. The van der Waals surface area contributed by atoms with E-state index in [2.05, 4.69) is 39.8 Å². The fourth-order valence-corrected chi connectivity index (χ4v) is 4.59. The van der Waals surface area contributed by atoms with Gasteiger partial charge in [0.05, 0.1) is 5.39 Å². The number of hydrogen-bond acceptors (Lipinski definition) is 3. The van der Waals surface area contributed by atoms with Gasteiger partial charge in [-0.2, -0.15) is 5.10 Å². The smallest absolute Gasteiger partial charge is 0.272 e. The van der Waals surface area contributed by atoms with Crippen LogP contribution in [0.15, 0.2) is 53.3 Å². The van der Waals surface area contributed by atoms with Crippen molar-refractivity contribution in [3.05, 3.63) is 75.7 Å². The molecule has 1 spiro atoms. The zero-order valence-electron chi connectivity index (χ0n) is 14.3. The molecule has 1 amide bonds. The van der Waals surface area contributed by atoms with E-state index in [-0.39, 0.29) is 22.6 Å². The first-order chi connectivity index (χ1) is 12.7. The Morgan fingerprint density at radius 3 is 2.81 bits per heavy atom. The van der Waals surface area contributed by atoms with E-state index in [9.17, 15) is 9.59 Å². The minimum absolute atomic E-state index is 0.231. The van der Waals surface area contributed by atoms with Crippen LogP contribution in [0.25, 0.3) is 10.8 Å². The van der Waals surface area contributed by atoms with Gasteiger partial charge in [0.2, 0.25) is 0 Å². The van der Waals surface area contributed by atoms with E-state index < -0.39 is 0 Å². The first kappa shape index (κ1) is 15.3. The second-order valence-corrected chi connectivity index (χ2v) is 7.37. The predicted octanol–water partition coefficient (Wildman–Crippen LogP) is 2.56. The number of nitrogens with zero attached hydrogens (tertiary/aromatic N) is 1. The average Bonchev–Trinajstić information content (AvgIpc) is 3.26. The summed E-state index contributed by atoms with van der Waals surface area (Å²) < 4.78 is 0. The molecule has 130 valence electrons. The van der Waals surface area contributed by atoms with E-state index in [1.807, 2.05) is 6.07 Å². The third kappa shape index (κ3) is 2.20. The molecule has 26 heavy (non-hydrogen) atoms. The molecular formula is C21H19N3O2. The topological polar surface area (TPSA) is 74.8 Å². The van der Waals surface area contributed by atoms with Crippen molar-refractivity contribution in [1.29, 1.82) is 0 Å². The lowest BCUT2D eigenvalue weighted by Crippen LogP contribution is -2.29. The molecule has 2 atom stereocenters. The molecule has 5 heteroatoms. The SMILES string of the molecule is O=C(NCC1CC12CCc1ccccc12)c1n[nH]c(=O)c2ccccc12. The third-order valence-corrected chi connectivity index (χ3v) is 6.05. The van der Waals surface area contributed by atoms with Crippen molar-refractivity contribution >= 4 is 16.7 Å². The largest absolute Gasteiger partial charge is 0.350 e. The standard InChI is InChI=1S/C21H19N3O2/c25-19-16-7-3-2-6-15(16)18(23-24-19)20(26)22-12-14-11-21(14)10-9-13-5-1-4-8-17(13)21/h1-8,14H,9-12H2,(H,22,26)(H,24,25). The monoisotopic (exact) mass is 345 g/mol. The van der Waals surface area contributed by atoms with Gasteiger partial charge in [0.1, 0.15) is 0 Å². The number of benzene rings is 2. The quantitative estimate of drug-likeness (QED) is 0.766. The van der Waals surface area contributed by atoms with Gasteiger partial charge in [0.25, 0.3) is 11.5 Å². The van der Waals surface area contributed by atoms with Gasteiger partial charge in [-0.1, -0.05) is 42.5 Å². The number of H-pyrrole nitrogens is 1. The van der Waals surface area contributed by atoms with Crippen molar-refractivity contribution in [2.75, 3.05) is 6.54 Å². The summed E-state index contributed by atoms with van der Waals surface area (Å²) in [6.45, 7) is 0.641. The molecule has 5 rings (SSSR count). The predicted molar refractivity (Wildman–Crippen MR) is 99.2 cm³/mol. The van der Waals surface area contributed by atoms with Crippen molar-refractivity contribution in [3.63, 3.8) is 0 Å². The van der Waals surface area contributed by atoms with Gasteiger partial charge in [-0.15, -0.1) is 0 Å². The first-order valence-electron chi connectivity index (χ1n) is 9.03. The van der Waals surface area contributed by atoms with E-state index >= 15 is 0 Å². The molecular weight excluding hydrogens is 326 g/mol. The summed E-state index contributed by atoms with van der Waals surface area (Å²) in [4.78, 5) is 24.5. The van der Waals surface area contributed by atoms with Gasteiger partial charge >= 0.3 is 0 Å². The van der Waals surface area contributed by atoms with Gasteiger partial charge in [0.15, 0.2) is 5.69 Å². The van der Waals surface area contributed by atoms with Crippen LogP contribution in [0.4, 0.5) is 0 Å². The van der Waals surface area contributed by atoms with E-state index in [1.54, 1.807) is 18.2 Å². The summed E-state index contributed by atoms with van der Waals surface area (Å²) in [5, 5.41) is 10.5. The average molecular weight is 345 g/mol. The number of aryl methyl sites for hydroxylation is 1. The molecule has 2 aliphatic carbocycles. The van der Waals surface area contributed by atoms with Crippen LogP contribution in [0.5, 0.6) is 0 Å². The zero-order valence-corrected chi connectivity index (χ0v) is 14.3. The normalized spacial score (nSPS) is 23.2. The number of carbonyl (C=O) groups excluding carboxylic acids is 1. The number of nitrogens with one attached hydrogen (secondary N) is 2. The van der Waals surface area contributed by atoms with Gasteiger partial charge in [-0.25, -0.2) is 5.10 Å². The maximum atomic E-state index is 12.7. The Morgan fingerprint density at radius 1 is 1.15 bits per heavy atom. The van der Waals surface area contributed by atoms with Gasteiger partial charge in [-0.05, 0) is 42.4 Å². The molecule has 5 nitrogen and oxygen atoms in total. The molecule has 1 heterocycles. The molecule has 2 unspecified atom stereocenters. The van der Waals surface area contributed by atoms with E-state index in [4.69, 9.17) is 0 Å². The fourth-order valence-electron chi connectivity index (χ4n) is 4.59. The van der Waals surface area contributed by atoms with Gasteiger partial charge < -0.3 is 5.32 Å². The Kier molecular flexibility index (Phi) is 3.26. The van der Waals surface area contributed by atoms with E-state index in [1.165, 1.54) is 17.5 Å². The highest BCUT2D eigenvalue weighted by atomic mass is 16.2. The van der Waals surface area contributed by atoms with Gasteiger partial charge in [0, 0.05) is 17.3 Å². The Bertz CT molecular complexity index is 1090. The van der Waals surface area contributed by atoms with Crippen LogP contribution in [0, 0.1) is 5.92 Å². The molecule has 0 saturated heterocycles. The van der Waals surface area contributed by atoms with Gasteiger partial charge in [-0.3, -0.25) is 9.59 Å². The first-order valence-corrected chi connectivity index (χ1v) is 9.03. The van der Waals surface area contributed by atoms with Crippen molar-refractivity contribution in [2.45, 2.75) is 24.7 Å². The summed E-state index contributed by atoms with van der Waals surface area (Å²) in [5.41, 5.74) is 3.17. The lowest BCUT2D eigenvalue weighted by atomic mass is 9.95. The number of carbonyl (C=O) groups is 1. The van der Waals surface area contributed by atoms with Crippen molar-refractivity contribution < 1.29 is 4.79 Å². The summed E-state index contributed by atoms with van der Waals surface area (Å²) in [7, 11) is 0. The number of hydrogen-bond donors (Lipinski definition) is 2. The van der Waals surface area contributed by atoms with Crippen molar-refractivity contribution in [3.8, 4) is 0 Å². The molecule has 1 fully saturated rings. The summed E-state index contributed by atoms with van der Waals surface area (Å²) >= 11 is 0. The van der Waals surface area contributed by atoms with E-state index in [0.29, 0.717) is 23.2 Å². The van der Waals surface area contributed by atoms with Crippen LogP contribution >= 0.6 is 0 Å². The van der Waals surface area contributed by atoms with Crippen molar-refractivity contribution in [1.82, 2.24) is 15.5 Å². The lowest BCUT2D eigenvalue weighted by Gasteiger charge is -2.12. The van der Waals surface area contributed by atoms with Crippen molar-refractivity contribution in [2.24, 2.45) is 5.92 Å². The van der Waals surface area contributed by atoms with Crippen LogP contribution < -0.4 is 10.9 Å². The lowest BCUT2D eigenvalue weighted by molar-refractivity contribution is 0.0946. The Hall–Kier alpha value is -2.95. The maximum absolute atomic E-state index is 12.7. The van der Waals surface area contributed by atoms with Crippen LogP contribution in [0.3, 0.4) is 0 Å². The summed E-state index contributed by atoms with van der Waals surface area (Å²) in [5.74, 6) is 0.245. The molecule has 0 aliphatic heterocycles. The minimum atomic E-state index is -0.277. The van der Waals surface area contributed by atoms with Crippen LogP contribution in [-0.4, -0.2) is 22.6 Å². The third-order valence-electron chi connectivity index (χ3n) is 6.05. The van der Waals surface area contributed by atoms with E-state index in [0.717, 1.165) is 12.8 Å². The number of fused-ring (bicyclic) bond motifs is 3. The highest BCUT2D eigenvalue weighted by Crippen LogP contribution is 2.61. The molecule has 2 aliphatic rings. The van der Waals surface area contributed by atoms with Crippen LogP contribution in [0.2, 0.25) is 0 Å². The number of amides is 1. The molecule has 2 aromatic carbocycles. The second-order valence-electron chi connectivity index (χ2n) is 7.37. The number of rotatable bonds is 3. The molecule has 1 aromatic heterocycles. The fraction of sp³-hybridized carbons (Fsp3) is 0.286. The summed E-state index contributed by atoms with van der Waals surface area (Å²) in [6.07, 6.45) is 3.43. The zero-order chi connectivity index (χ0) is 17.7. The molecule has 1 saturated carbocycles. The second kappa shape index (κ2) is 5.53. The highest BCUT2D eigenvalue weighted by Gasteiger charge is 2.57. The number of aromatic nitrogens is 2. The Labute approximate surface area is 150 Å². The maximum Gasteiger partial charge on any atom is 0.272 e. The molecule has 2 N–H and O–H groups in total.